The average Bonchev–Trinajstić information content (AvgIpc) is 3.96. The third-order valence-electron chi connectivity index (χ3n) is 11.7. The molecule has 57 heavy (non-hydrogen) atoms. The van der Waals surface area contributed by atoms with Crippen LogP contribution in [0.5, 0.6) is 0 Å². The van der Waals surface area contributed by atoms with Crippen LogP contribution < -0.4 is 10.6 Å². The third kappa shape index (κ3) is 5.22. The van der Waals surface area contributed by atoms with Crippen molar-refractivity contribution >= 4 is 81.1 Å². The molecule has 0 radical (unpaired) electrons. The van der Waals surface area contributed by atoms with Crippen LogP contribution in [0.2, 0.25) is 0 Å². The van der Waals surface area contributed by atoms with Gasteiger partial charge in [0.05, 0.1) is 22.1 Å². The fourth-order valence-electron chi connectivity index (χ4n) is 9.04. The van der Waals surface area contributed by atoms with Gasteiger partial charge < -0.3 is 14.3 Å². The molecule has 2 aliphatic rings. The Balaban J connectivity index is 0.956. The molecular weight excluding hydrogens is 717 g/mol. The maximum absolute atomic E-state index is 6.68. The topological polar surface area (TPSA) is 54.5 Å². The summed E-state index contributed by atoms with van der Waals surface area (Å²) in [7, 11) is 0. The number of thiophene rings is 1. The summed E-state index contributed by atoms with van der Waals surface area (Å²) in [4.78, 5) is 5.24. The van der Waals surface area contributed by atoms with Gasteiger partial charge in [-0.25, -0.2) is 4.99 Å². The molecule has 2 atom stereocenters. The first kappa shape index (κ1) is 32.5. The summed E-state index contributed by atoms with van der Waals surface area (Å²) >= 11 is 1.85. The van der Waals surface area contributed by atoms with Crippen molar-refractivity contribution in [2.24, 2.45) is 4.99 Å². The van der Waals surface area contributed by atoms with E-state index in [1.807, 2.05) is 11.3 Å². The predicted octanol–water partition coefficient (Wildman–Crippen LogP) is 13.3. The van der Waals surface area contributed by atoms with Gasteiger partial charge in [-0.1, -0.05) is 127 Å². The lowest BCUT2D eigenvalue weighted by atomic mass is 10.00. The Kier molecular flexibility index (Phi) is 7.37. The van der Waals surface area contributed by atoms with Gasteiger partial charge in [0.15, 0.2) is 0 Å². The Morgan fingerprint density at radius 2 is 1.40 bits per heavy atom. The number of fused-ring (bicyclic) bond motifs is 9. The van der Waals surface area contributed by atoms with E-state index in [4.69, 9.17) is 9.41 Å². The molecule has 6 heteroatoms. The van der Waals surface area contributed by atoms with Gasteiger partial charge >= 0.3 is 0 Å². The Labute approximate surface area is 332 Å². The third-order valence-corrected chi connectivity index (χ3v) is 12.9. The normalized spacial score (nSPS) is 17.2. The highest BCUT2D eigenvalue weighted by Gasteiger charge is 2.27. The number of aliphatic imine (C=N–C) groups is 1. The van der Waals surface area contributed by atoms with Gasteiger partial charge in [0.1, 0.15) is 29.3 Å². The van der Waals surface area contributed by atoms with E-state index in [1.54, 1.807) is 0 Å². The zero-order valence-corrected chi connectivity index (χ0v) is 31.8. The molecule has 5 nitrogen and oxygen atoms in total. The van der Waals surface area contributed by atoms with Crippen LogP contribution >= 0.6 is 11.3 Å². The van der Waals surface area contributed by atoms with Crippen LogP contribution in [-0.2, 0) is 0 Å². The van der Waals surface area contributed by atoms with E-state index in [2.05, 4.69) is 185 Å². The van der Waals surface area contributed by atoms with Crippen LogP contribution in [0.3, 0.4) is 0 Å². The Morgan fingerprint density at radius 1 is 0.632 bits per heavy atom. The molecule has 7 aromatic carbocycles. The molecule has 2 N–H and O–H groups in total. The van der Waals surface area contributed by atoms with Crippen LogP contribution in [-0.4, -0.2) is 10.4 Å². The van der Waals surface area contributed by atoms with E-state index in [0.717, 1.165) is 63.0 Å². The number of nitrogens with one attached hydrogen (secondary N) is 2. The van der Waals surface area contributed by atoms with Crippen LogP contribution in [0.15, 0.2) is 185 Å². The molecule has 1 aliphatic carbocycles. The van der Waals surface area contributed by atoms with E-state index < -0.39 is 0 Å². The second-order valence-corrected chi connectivity index (χ2v) is 16.1. The SMILES string of the molecule is C1=CC(C2=NC(c3ccc4c(c3)sc3c(-c5ccc6c(c5)oc5cccc(-n7c8ccccc8c8ccccc87)c56)cccc34)NC(c3ccccc3)N2)=CCC1. The lowest BCUT2D eigenvalue weighted by Crippen LogP contribution is -2.45. The Morgan fingerprint density at radius 3 is 2.23 bits per heavy atom. The molecule has 0 bridgehead atoms. The van der Waals surface area contributed by atoms with E-state index in [-0.39, 0.29) is 12.3 Å². The van der Waals surface area contributed by atoms with Crippen molar-refractivity contribution in [2.45, 2.75) is 25.2 Å². The molecule has 4 heterocycles. The minimum absolute atomic E-state index is 0.0594. The molecular formula is C51H36N4OS. The fourth-order valence-corrected chi connectivity index (χ4v) is 10.3. The second-order valence-electron chi connectivity index (χ2n) is 15.0. The molecule has 12 rings (SSSR count). The van der Waals surface area contributed by atoms with Crippen molar-refractivity contribution in [1.82, 2.24) is 15.2 Å². The van der Waals surface area contributed by atoms with Gasteiger partial charge in [0.2, 0.25) is 0 Å². The van der Waals surface area contributed by atoms with E-state index in [1.165, 1.54) is 53.1 Å². The van der Waals surface area contributed by atoms with Gasteiger partial charge in [-0.2, -0.15) is 0 Å². The maximum atomic E-state index is 6.68. The number of hydrogen-bond acceptors (Lipinski definition) is 5. The van der Waals surface area contributed by atoms with Crippen molar-refractivity contribution < 1.29 is 4.42 Å². The molecule has 0 saturated heterocycles. The summed E-state index contributed by atoms with van der Waals surface area (Å²) in [5.41, 5.74) is 11.1. The summed E-state index contributed by atoms with van der Waals surface area (Å²) in [6.45, 7) is 0. The smallest absolute Gasteiger partial charge is 0.137 e. The molecule has 10 aromatic rings. The highest BCUT2D eigenvalue weighted by molar-refractivity contribution is 7.26. The first-order chi connectivity index (χ1) is 28.2. The fraction of sp³-hybridized carbons (Fsp3) is 0.0784. The minimum atomic E-state index is -0.195. The quantitative estimate of drug-likeness (QED) is 0.184. The number of allylic oxidation sites excluding steroid dienone is 2. The summed E-state index contributed by atoms with van der Waals surface area (Å²) < 4.78 is 11.6. The lowest BCUT2D eigenvalue weighted by molar-refractivity contribution is 0.409. The largest absolute Gasteiger partial charge is 0.456 e. The molecule has 0 amide bonds. The zero-order chi connectivity index (χ0) is 37.5. The number of furan rings is 1. The summed E-state index contributed by atoms with van der Waals surface area (Å²) in [5.74, 6) is 0.936. The van der Waals surface area contributed by atoms with Crippen LogP contribution in [0.25, 0.3) is 80.7 Å². The first-order valence-electron chi connectivity index (χ1n) is 19.7. The van der Waals surface area contributed by atoms with Gasteiger partial charge in [0.25, 0.3) is 0 Å². The highest BCUT2D eigenvalue weighted by atomic mass is 32.1. The van der Waals surface area contributed by atoms with E-state index in [9.17, 15) is 0 Å². The minimum Gasteiger partial charge on any atom is -0.456 e. The Bertz CT molecular complexity index is 3270. The average molecular weight is 753 g/mol. The number of benzene rings is 7. The number of aromatic nitrogens is 1. The summed E-state index contributed by atoms with van der Waals surface area (Å²) in [6.07, 6.45) is 8.58. The number of amidine groups is 1. The number of nitrogens with zero attached hydrogens (tertiary/aromatic N) is 2. The molecule has 0 saturated carbocycles. The van der Waals surface area contributed by atoms with Crippen molar-refractivity contribution in [1.29, 1.82) is 0 Å². The molecule has 272 valence electrons. The van der Waals surface area contributed by atoms with Gasteiger partial charge in [-0.15, -0.1) is 11.3 Å². The highest BCUT2D eigenvalue weighted by Crippen LogP contribution is 2.44. The van der Waals surface area contributed by atoms with Crippen molar-refractivity contribution in [3.8, 4) is 16.8 Å². The number of rotatable bonds is 5. The molecule has 3 aromatic heterocycles. The van der Waals surface area contributed by atoms with Gasteiger partial charge in [-0.05, 0) is 77.6 Å². The standard InChI is InChI=1S/C51H36N4OS/c1-3-13-31(14-4-1)49-52-50(32-15-5-2-6-16-32)54-51(53-49)34-26-27-38-39-20-11-19-35(48(39)57-46(38)30-34)33-25-28-40-45(29-33)56-44-24-12-23-43(47(40)44)55-41-21-9-7-17-36(41)37-18-8-10-22-42(37)55/h1,3-5,7-30,49,51,53H,2,6H2,(H,52,54). The van der Waals surface area contributed by atoms with Crippen LogP contribution in [0, 0.1) is 0 Å². The van der Waals surface area contributed by atoms with Crippen molar-refractivity contribution in [2.75, 3.05) is 0 Å². The molecule has 2 unspecified atom stereocenters. The predicted molar refractivity (Wildman–Crippen MR) is 238 cm³/mol. The van der Waals surface area contributed by atoms with Crippen molar-refractivity contribution in [3.63, 3.8) is 0 Å². The van der Waals surface area contributed by atoms with Crippen molar-refractivity contribution in [3.05, 3.63) is 187 Å². The molecule has 0 fully saturated rings. The zero-order valence-electron chi connectivity index (χ0n) is 30.9. The summed E-state index contributed by atoms with van der Waals surface area (Å²) in [5, 5.41) is 14.7. The van der Waals surface area contributed by atoms with Gasteiger partial charge in [0, 0.05) is 41.9 Å². The second kappa shape index (κ2) is 12.9. The maximum Gasteiger partial charge on any atom is 0.137 e. The van der Waals surface area contributed by atoms with Crippen LogP contribution in [0.4, 0.5) is 0 Å². The Hall–Kier alpha value is -6.73. The van der Waals surface area contributed by atoms with Gasteiger partial charge in [-0.3, -0.25) is 5.32 Å². The monoisotopic (exact) mass is 752 g/mol. The number of hydrogen-bond donors (Lipinski definition) is 2. The molecule has 1 aliphatic heterocycles. The lowest BCUT2D eigenvalue weighted by Gasteiger charge is -2.32. The van der Waals surface area contributed by atoms with E-state index in [0.29, 0.717) is 0 Å². The molecule has 0 spiro atoms. The first-order valence-corrected chi connectivity index (χ1v) is 20.5. The summed E-state index contributed by atoms with van der Waals surface area (Å²) in [6, 6.07) is 54.6. The van der Waals surface area contributed by atoms with E-state index >= 15 is 0 Å². The number of para-hydroxylation sites is 2. The van der Waals surface area contributed by atoms with Crippen LogP contribution in [0.1, 0.15) is 36.3 Å².